The number of halogens is 2. The third-order valence-corrected chi connectivity index (χ3v) is 2.52. The first-order valence-corrected chi connectivity index (χ1v) is 14.5. The molecule has 3 aromatic rings. The van der Waals surface area contributed by atoms with Crippen molar-refractivity contribution in [3.63, 3.8) is 0 Å². The fourth-order valence-electron chi connectivity index (χ4n) is 1.90. The molecular weight excluding hydrogens is 513 g/mol. The average molecular weight is 548 g/mol. The minimum atomic E-state index is -0.250. The second kappa shape index (κ2) is 24.4. The predicted octanol–water partition coefficient (Wildman–Crippen LogP) is 7.06. The molecule has 4 radical (unpaired) electrons. The normalized spacial score (nSPS) is 8.38. The van der Waals surface area contributed by atoms with Crippen molar-refractivity contribution >= 4 is 62.8 Å². The Morgan fingerprint density at radius 1 is 0.966 bits per heavy atom. The van der Waals surface area contributed by atoms with Gasteiger partial charge in [-0.3, -0.25) is 0 Å². The fraction of sp³-hybridized carbons (Fsp3) is 0.318. The van der Waals surface area contributed by atoms with Crippen LogP contribution in [0.4, 0.5) is 0 Å². The summed E-state index contributed by atoms with van der Waals surface area (Å²) in [6.45, 7) is 16.0. The van der Waals surface area contributed by atoms with Crippen molar-refractivity contribution in [1.82, 2.24) is 0 Å². The number of aliphatic hydroxyl groups is 1. The Bertz CT molecular complexity index is 660. The van der Waals surface area contributed by atoms with Gasteiger partial charge in [-0.25, -0.2) is 0 Å². The number of hydrogen-bond acceptors (Lipinski definition) is 1. The van der Waals surface area contributed by atoms with Gasteiger partial charge in [-0.05, 0) is 0 Å². The Morgan fingerprint density at radius 2 is 1.17 bits per heavy atom. The third kappa shape index (κ3) is 21.2. The van der Waals surface area contributed by atoms with Gasteiger partial charge in [0.25, 0.3) is 0 Å². The summed E-state index contributed by atoms with van der Waals surface area (Å²) >= 11 is 1.36. The molecule has 0 saturated carbocycles. The first kappa shape index (κ1) is 39.6. The van der Waals surface area contributed by atoms with E-state index in [4.69, 9.17) is 10.8 Å². The number of hydrogen-bond donors (Lipinski definition) is 1. The van der Waals surface area contributed by atoms with Crippen LogP contribution < -0.4 is 0 Å². The summed E-state index contributed by atoms with van der Waals surface area (Å²) < 4.78 is 0. The molecule has 0 aliphatic carbocycles. The van der Waals surface area contributed by atoms with E-state index >= 15 is 0 Å². The van der Waals surface area contributed by atoms with Crippen LogP contribution in [0.1, 0.15) is 20.8 Å². The van der Waals surface area contributed by atoms with Crippen LogP contribution in [0, 0.1) is 14.4 Å². The maximum Gasteiger partial charge on any atom is -0.0771 e. The summed E-state index contributed by atoms with van der Waals surface area (Å²) in [4.78, 5) is 0. The van der Waals surface area contributed by atoms with Gasteiger partial charge in [-0.1, -0.05) is 76.9 Å². The molecule has 0 bridgehead atoms. The Kier molecular flexibility index (Phi) is 33.3. The molecular formula is C22H35Cl2NOSi2Zr-4. The fourth-order valence-corrected chi connectivity index (χ4v) is 1.90. The van der Waals surface area contributed by atoms with Gasteiger partial charge in [0.05, 0.1) is 0 Å². The van der Waals surface area contributed by atoms with E-state index in [1.165, 1.54) is 44.9 Å². The summed E-state index contributed by atoms with van der Waals surface area (Å²) in [6, 6.07) is 19.3. The Balaban J connectivity index is -0.000000104. The second-order valence-electron chi connectivity index (χ2n) is 6.29. The molecule has 0 fully saturated rings. The van der Waals surface area contributed by atoms with Gasteiger partial charge >= 0.3 is 30.2 Å². The van der Waals surface area contributed by atoms with Gasteiger partial charge in [-0.2, -0.15) is 0 Å². The van der Waals surface area contributed by atoms with Crippen molar-refractivity contribution in [1.29, 1.82) is 0 Å². The largest absolute Gasteiger partial charge is 0.126 e. The molecule has 29 heavy (non-hydrogen) atoms. The first-order valence-electron chi connectivity index (χ1n) is 8.30. The van der Waals surface area contributed by atoms with E-state index in [0.29, 0.717) is 0 Å². The number of nitrogens with one attached hydrogen (secondary N) is 1. The molecule has 7 heteroatoms. The van der Waals surface area contributed by atoms with E-state index in [1.54, 1.807) is 0 Å². The van der Waals surface area contributed by atoms with Gasteiger partial charge in [0.2, 0.25) is 0 Å². The standard InChI is InChI=1S/C13H9.C4H10N.C2H5O.C2H6Si.CH3.2ClH.Si.Zr/c1-3-7-12-10(5-1)9-11-6-2-4-8-13(11)12;1-4(2,3)5;1-2-3;1-3-2;;;;;/h1-9H;5H,1-3H3;3H,1-2H2;1-2H3;1H3;2*1H;;/q3*-1;;-1;;;;. The average Bonchev–Trinajstić information content (AvgIpc) is 2.95. The molecule has 0 atom stereocenters. The quantitative estimate of drug-likeness (QED) is 0.238. The van der Waals surface area contributed by atoms with Crippen molar-refractivity contribution in [2.45, 2.75) is 39.4 Å². The number of benzene rings is 2. The predicted molar refractivity (Wildman–Crippen MR) is 138 cm³/mol. The first-order chi connectivity index (χ1) is 12.3. The molecule has 0 unspecified atom stereocenters. The Morgan fingerprint density at radius 3 is 1.41 bits per heavy atom. The van der Waals surface area contributed by atoms with E-state index < -0.39 is 0 Å². The maximum atomic E-state index is 7.46. The zero-order chi connectivity index (χ0) is 20.6. The van der Waals surface area contributed by atoms with Crippen molar-refractivity contribution in [3.8, 4) is 0 Å². The minimum Gasteiger partial charge on any atom is -0.126 e. The summed E-state index contributed by atoms with van der Waals surface area (Å²) in [7, 11) is 1.08. The maximum absolute atomic E-state index is 7.46. The smallest absolute Gasteiger partial charge is 0.0771 e. The van der Waals surface area contributed by atoms with E-state index in [-0.39, 0.29) is 44.4 Å². The Labute approximate surface area is 210 Å². The summed E-state index contributed by atoms with van der Waals surface area (Å²) in [5.41, 5.74) is 6.69. The summed E-state index contributed by atoms with van der Waals surface area (Å²) in [5, 5.41) is 12.9. The van der Waals surface area contributed by atoms with Gasteiger partial charge < -0.3 is 25.2 Å². The van der Waals surface area contributed by atoms with Gasteiger partial charge in [0.15, 0.2) is 0 Å². The molecule has 0 amide bonds. The van der Waals surface area contributed by atoms with Crippen molar-refractivity contribution in [3.05, 3.63) is 74.7 Å². The van der Waals surface area contributed by atoms with Crippen LogP contribution in [0.15, 0.2) is 54.6 Å². The number of aliphatic hydroxyl groups excluding tert-OH is 1. The van der Waals surface area contributed by atoms with Gasteiger partial charge in [-0.15, -0.1) is 70.1 Å². The molecule has 0 aromatic heterocycles. The third-order valence-electron chi connectivity index (χ3n) is 2.52. The zero-order valence-corrected chi connectivity index (χ0v) is 24.5. The number of fused-ring (bicyclic) bond motifs is 3. The number of rotatable bonds is 0. The minimum absolute atomic E-state index is 0. The van der Waals surface area contributed by atoms with Crippen LogP contribution in [-0.4, -0.2) is 33.7 Å². The van der Waals surface area contributed by atoms with E-state index in [0.717, 1.165) is 9.52 Å². The van der Waals surface area contributed by atoms with Crippen LogP contribution in [0.2, 0.25) is 13.1 Å². The molecule has 0 saturated heterocycles. The zero-order valence-electron chi connectivity index (χ0n) is 18.4. The molecule has 0 spiro atoms. The van der Waals surface area contributed by atoms with Gasteiger partial charge in [0.1, 0.15) is 0 Å². The van der Waals surface area contributed by atoms with Crippen LogP contribution in [0.25, 0.3) is 27.3 Å². The molecule has 3 aromatic carbocycles. The topological polar surface area (TPSA) is 44.0 Å². The van der Waals surface area contributed by atoms with Gasteiger partial charge in [0, 0.05) is 9.52 Å². The van der Waals surface area contributed by atoms with Crippen LogP contribution in [0.5, 0.6) is 0 Å². The molecule has 2 nitrogen and oxygen atoms in total. The molecule has 164 valence electrons. The summed E-state index contributed by atoms with van der Waals surface area (Å²) in [6.07, 6.45) is 0. The van der Waals surface area contributed by atoms with E-state index in [2.05, 4.69) is 81.5 Å². The molecule has 0 aliphatic rings. The monoisotopic (exact) mass is 545 g/mol. The molecule has 0 heterocycles. The van der Waals surface area contributed by atoms with Crippen LogP contribution >= 0.6 is 24.8 Å². The van der Waals surface area contributed by atoms with E-state index in [1.807, 2.05) is 20.8 Å². The second-order valence-corrected chi connectivity index (χ2v) is 7.29. The van der Waals surface area contributed by atoms with Crippen LogP contribution in [0.3, 0.4) is 0 Å². The summed E-state index contributed by atoms with van der Waals surface area (Å²) in [5.74, 6) is 0. The molecule has 2 N–H and O–H groups in total. The van der Waals surface area contributed by atoms with Crippen molar-refractivity contribution in [2.75, 3.05) is 6.61 Å². The van der Waals surface area contributed by atoms with Crippen molar-refractivity contribution in [2.24, 2.45) is 0 Å². The molecule has 0 aliphatic heterocycles. The van der Waals surface area contributed by atoms with Crippen molar-refractivity contribution < 1.29 is 28.4 Å². The van der Waals surface area contributed by atoms with Crippen LogP contribution in [-0.2, 0) is 23.3 Å². The Hall–Kier alpha value is 0.127. The SMILES string of the molecule is CC(C)(C)[NH-].C[Si]C.Cl.Cl.[CH2-]CO.[CH3-].[Si]=[Zr].c1ccc2c(c1)[cH-]c1ccccc12. The molecule has 3 rings (SSSR count). The van der Waals surface area contributed by atoms with E-state index in [9.17, 15) is 0 Å².